The molecule has 0 N–H and O–H groups in total. The van der Waals surface area contributed by atoms with Crippen molar-refractivity contribution >= 4 is 11.9 Å². The number of carbonyl (C=O) groups is 1. The Balaban J connectivity index is 1.83. The molecule has 0 spiro atoms. The van der Waals surface area contributed by atoms with Crippen molar-refractivity contribution in [1.29, 1.82) is 0 Å². The smallest absolute Gasteiger partial charge is 0.185 e. The van der Waals surface area contributed by atoms with E-state index in [4.69, 9.17) is 0 Å². The van der Waals surface area contributed by atoms with Gasteiger partial charge in [-0.2, -0.15) is 5.10 Å². The van der Waals surface area contributed by atoms with E-state index in [0.717, 1.165) is 17.0 Å². The van der Waals surface area contributed by atoms with Gasteiger partial charge in [-0.15, -0.1) is 0 Å². The van der Waals surface area contributed by atoms with Crippen LogP contribution in [0.2, 0.25) is 0 Å². The third-order valence-corrected chi connectivity index (χ3v) is 4.25. The number of rotatable bonds is 4. The van der Waals surface area contributed by atoms with Crippen molar-refractivity contribution in [1.82, 2.24) is 9.78 Å². The lowest BCUT2D eigenvalue weighted by Gasteiger charge is -2.02. The number of allylic oxidation sites excluding steroid dienone is 1. The van der Waals surface area contributed by atoms with Gasteiger partial charge in [-0.3, -0.25) is 9.48 Å². The van der Waals surface area contributed by atoms with E-state index in [9.17, 15) is 9.18 Å². The van der Waals surface area contributed by atoms with E-state index in [0.29, 0.717) is 5.56 Å². The van der Waals surface area contributed by atoms with E-state index in [1.165, 1.54) is 41.5 Å². The summed E-state index contributed by atoms with van der Waals surface area (Å²) in [5.41, 5.74) is 5.64. The molecule has 0 aliphatic heterocycles. The van der Waals surface area contributed by atoms with E-state index in [-0.39, 0.29) is 11.6 Å². The topological polar surface area (TPSA) is 34.9 Å². The molecule has 126 valence electrons. The van der Waals surface area contributed by atoms with Crippen LogP contribution < -0.4 is 0 Å². The molecule has 1 aromatic heterocycles. The minimum absolute atomic E-state index is 0.172. The molecular weight excluding hydrogens is 315 g/mol. The third kappa shape index (κ3) is 3.74. The molecule has 0 unspecified atom stereocenters. The van der Waals surface area contributed by atoms with Crippen LogP contribution in [-0.4, -0.2) is 15.6 Å². The molecule has 0 aliphatic rings. The minimum atomic E-state index is -0.356. The normalized spacial score (nSPS) is 11.2. The molecule has 0 atom stereocenters. The second-order valence-electron chi connectivity index (χ2n) is 6.08. The minimum Gasteiger partial charge on any atom is -0.289 e. The number of aromatic nitrogens is 2. The Bertz CT molecular complexity index is 953. The summed E-state index contributed by atoms with van der Waals surface area (Å²) in [4.78, 5) is 12.2. The first-order chi connectivity index (χ1) is 11.9. The summed E-state index contributed by atoms with van der Waals surface area (Å²) < 4.78 is 14.7. The van der Waals surface area contributed by atoms with Crippen LogP contribution in [0, 0.1) is 19.7 Å². The Labute approximate surface area is 146 Å². The zero-order valence-corrected chi connectivity index (χ0v) is 14.5. The van der Waals surface area contributed by atoms with E-state index >= 15 is 0 Å². The zero-order valence-electron chi connectivity index (χ0n) is 14.5. The molecule has 1 heterocycles. The van der Waals surface area contributed by atoms with Gasteiger partial charge in [-0.05, 0) is 73.5 Å². The van der Waals surface area contributed by atoms with Gasteiger partial charge in [0.2, 0.25) is 0 Å². The van der Waals surface area contributed by atoms with Gasteiger partial charge >= 0.3 is 0 Å². The Hall–Kier alpha value is -3.01. The molecule has 0 bridgehead atoms. The lowest BCUT2D eigenvalue weighted by atomic mass is 10.0. The Morgan fingerprint density at radius 2 is 1.76 bits per heavy atom. The highest BCUT2D eigenvalue weighted by Crippen LogP contribution is 2.22. The van der Waals surface area contributed by atoms with E-state index < -0.39 is 0 Å². The molecular formula is C21H19FN2O. The highest BCUT2D eigenvalue weighted by atomic mass is 19.1. The molecule has 0 amide bonds. The second-order valence-corrected chi connectivity index (χ2v) is 6.08. The Morgan fingerprint density at radius 1 is 1.04 bits per heavy atom. The van der Waals surface area contributed by atoms with Gasteiger partial charge in [0.15, 0.2) is 5.78 Å². The molecule has 3 nitrogen and oxygen atoms in total. The predicted molar refractivity (Wildman–Crippen MR) is 97.9 cm³/mol. The van der Waals surface area contributed by atoms with Crippen molar-refractivity contribution in [3.63, 3.8) is 0 Å². The van der Waals surface area contributed by atoms with E-state index in [1.54, 1.807) is 10.8 Å². The molecule has 2 aromatic carbocycles. The lowest BCUT2D eigenvalue weighted by Crippen LogP contribution is -1.96. The first-order valence-corrected chi connectivity index (χ1v) is 8.03. The van der Waals surface area contributed by atoms with Crippen molar-refractivity contribution in [2.75, 3.05) is 0 Å². The van der Waals surface area contributed by atoms with Crippen molar-refractivity contribution in [2.45, 2.75) is 13.8 Å². The van der Waals surface area contributed by atoms with Gasteiger partial charge in [0, 0.05) is 18.2 Å². The SMILES string of the molecule is Cc1ccc(-c2cc(/C=C/C(=O)c3ccc(F)cc3)n(C)n2)cc1C. The molecule has 0 fully saturated rings. The highest BCUT2D eigenvalue weighted by molar-refractivity contribution is 6.06. The van der Waals surface area contributed by atoms with E-state index in [2.05, 4.69) is 31.1 Å². The summed E-state index contributed by atoms with van der Waals surface area (Å²) in [7, 11) is 1.84. The second kappa shape index (κ2) is 6.85. The van der Waals surface area contributed by atoms with Crippen LogP contribution in [-0.2, 0) is 7.05 Å². The Morgan fingerprint density at radius 3 is 2.44 bits per heavy atom. The molecule has 0 saturated carbocycles. The summed E-state index contributed by atoms with van der Waals surface area (Å²) in [6, 6.07) is 13.7. The number of carbonyl (C=O) groups excluding carboxylic acids is 1. The summed E-state index contributed by atoms with van der Waals surface area (Å²) in [5, 5.41) is 4.52. The van der Waals surface area contributed by atoms with Crippen LogP contribution in [0.3, 0.4) is 0 Å². The standard InChI is InChI=1S/C21H19FN2O/c1-14-4-5-17(12-15(14)2)20-13-19(24(3)23-20)10-11-21(25)16-6-8-18(22)9-7-16/h4-13H,1-3H3/b11-10+. The van der Waals surface area contributed by atoms with Gasteiger partial charge in [0.05, 0.1) is 11.4 Å². The summed E-state index contributed by atoms with van der Waals surface area (Å²) >= 11 is 0. The summed E-state index contributed by atoms with van der Waals surface area (Å²) in [5.74, 6) is -0.529. The molecule has 4 heteroatoms. The van der Waals surface area contributed by atoms with Gasteiger partial charge in [0.1, 0.15) is 5.82 Å². The van der Waals surface area contributed by atoms with Crippen LogP contribution in [0.25, 0.3) is 17.3 Å². The average Bonchev–Trinajstić information content (AvgIpc) is 2.96. The molecule has 0 aliphatic carbocycles. The highest BCUT2D eigenvalue weighted by Gasteiger charge is 2.07. The van der Waals surface area contributed by atoms with Crippen LogP contribution >= 0.6 is 0 Å². The number of benzene rings is 2. The van der Waals surface area contributed by atoms with Gasteiger partial charge < -0.3 is 0 Å². The number of aryl methyl sites for hydroxylation is 3. The van der Waals surface area contributed by atoms with Crippen molar-refractivity contribution in [2.24, 2.45) is 7.05 Å². The molecule has 3 aromatic rings. The number of halogens is 1. The fraction of sp³-hybridized carbons (Fsp3) is 0.143. The number of nitrogens with zero attached hydrogens (tertiary/aromatic N) is 2. The van der Waals surface area contributed by atoms with Crippen LogP contribution in [0.15, 0.2) is 54.6 Å². The monoisotopic (exact) mass is 334 g/mol. The van der Waals surface area contributed by atoms with Crippen LogP contribution in [0.1, 0.15) is 27.2 Å². The third-order valence-electron chi connectivity index (χ3n) is 4.25. The van der Waals surface area contributed by atoms with Crippen molar-refractivity contribution in [3.8, 4) is 11.3 Å². The maximum atomic E-state index is 12.9. The van der Waals surface area contributed by atoms with Crippen molar-refractivity contribution in [3.05, 3.63) is 82.8 Å². The predicted octanol–water partition coefficient (Wildman–Crippen LogP) is 4.74. The maximum Gasteiger partial charge on any atom is 0.185 e. The summed E-state index contributed by atoms with van der Waals surface area (Å²) in [6.45, 7) is 4.15. The molecule has 3 rings (SSSR count). The van der Waals surface area contributed by atoms with E-state index in [1.807, 2.05) is 19.2 Å². The number of ketones is 1. The van der Waals surface area contributed by atoms with Gasteiger partial charge in [-0.25, -0.2) is 4.39 Å². The molecule has 0 saturated heterocycles. The number of hydrogen-bond donors (Lipinski definition) is 0. The zero-order chi connectivity index (χ0) is 18.0. The van der Waals surface area contributed by atoms with Gasteiger partial charge in [0.25, 0.3) is 0 Å². The first kappa shape index (κ1) is 16.8. The van der Waals surface area contributed by atoms with Gasteiger partial charge in [-0.1, -0.05) is 12.1 Å². The van der Waals surface area contributed by atoms with Crippen LogP contribution in [0.5, 0.6) is 0 Å². The maximum absolute atomic E-state index is 12.9. The summed E-state index contributed by atoms with van der Waals surface area (Å²) in [6.07, 6.45) is 3.21. The quantitative estimate of drug-likeness (QED) is 0.510. The van der Waals surface area contributed by atoms with Crippen molar-refractivity contribution < 1.29 is 9.18 Å². The number of hydrogen-bond acceptors (Lipinski definition) is 2. The first-order valence-electron chi connectivity index (χ1n) is 8.03. The fourth-order valence-electron chi connectivity index (χ4n) is 2.55. The molecule has 0 radical (unpaired) electrons. The largest absolute Gasteiger partial charge is 0.289 e. The van der Waals surface area contributed by atoms with Crippen LogP contribution in [0.4, 0.5) is 4.39 Å². The molecule has 25 heavy (non-hydrogen) atoms. The fourth-order valence-corrected chi connectivity index (χ4v) is 2.55. The lowest BCUT2D eigenvalue weighted by molar-refractivity contribution is 0.104. The Kier molecular flexibility index (Phi) is 4.61. The average molecular weight is 334 g/mol.